The summed E-state index contributed by atoms with van der Waals surface area (Å²) in [5, 5.41) is 2.85. The van der Waals surface area contributed by atoms with Gasteiger partial charge in [-0.1, -0.05) is 19.3 Å². The minimum Gasteiger partial charge on any atom is -0.493 e. The van der Waals surface area contributed by atoms with E-state index in [0.717, 1.165) is 23.8 Å². The van der Waals surface area contributed by atoms with E-state index in [1.165, 1.54) is 32.1 Å². The molecule has 0 unspecified atom stereocenters. The van der Waals surface area contributed by atoms with Crippen molar-refractivity contribution in [3.8, 4) is 5.75 Å². The Balaban J connectivity index is 0.00000288. The van der Waals surface area contributed by atoms with Crippen LogP contribution < -0.4 is 15.8 Å². The number of hydrogen-bond acceptors (Lipinski definition) is 4. The Kier molecular flexibility index (Phi) is 10.2. The molecule has 6 heteroatoms. The highest BCUT2D eigenvalue weighted by Crippen LogP contribution is 2.25. The summed E-state index contributed by atoms with van der Waals surface area (Å²) in [5.41, 5.74) is 6.62. The molecule has 0 heterocycles. The molecular weight excluding hydrogens is 344 g/mol. The third kappa shape index (κ3) is 7.32. The van der Waals surface area contributed by atoms with E-state index in [4.69, 9.17) is 10.5 Å². The normalized spacial score (nSPS) is 16.1. The van der Waals surface area contributed by atoms with Gasteiger partial charge < -0.3 is 15.8 Å². The number of hydrogen-bond donors (Lipinski definition) is 2. The van der Waals surface area contributed by atoms with E-state index >= 15 is 0 Å². The number of halogens is 1. The molecule has 0 aliphatic heterocycles. The summed E-state index contributed by atoms with van der Waals surface area (Å²) in [7, 11) is 0. The lowest BCUT2D eigenvalue weighted by atomic mass is 9.90. The molecule has 1 atom stereocenters. The molecule has 1 aliphatic carbocycles. The molecule has 24 heavy (non-hydrogen) atoms. The van der Waals surface area contributed by atoms with E-state index in [-0.39, 0.29) is 18.3 Å². The largest absolute Gasteiger partial charge is 0.493 e. The topological polar surface area (TPSA) is 64.4 Å². The smallest absolute Gasteiger partial charge is 0.241 e. The number of carbonyl (C=O) groups is 1. The van der Waals surface area contributed by atoms with Crippen molar-refractivity contribution in [2.45, 2.75) is 44.6 Å². The quantitative estimate of drug-likeness (QED) is 0.721. The highest BCUT2D eigenvalue weighted by molar-refractivity contribution is 7.98. The SMILES string of the molecule is CSCC[C@H](N)C(=O)Nc1ccc(OCC2CCCCC2)cc1.Cl. The molecule has 0 aromatic heterocycles. The van der Waals surface area contributed by atoms with Crippen molar-refractivity contribution < 1.29 is 9.53 Å². The fourth-order valence-electron chi connectivity index (χ4n) is 2.81. The molecule has 1 saturated carbocycles. The molecule has 3 N–H and O–H groups in total. The third-order valence-corrected chi connectivity index (χ3v) is 4.95. The van der Waals surface area contributed by atoms with Crippen LogP contribution in [0.5, 0.6) is 5.75 Å². The number of carbonyl (C=O) groups excluding carboxylic acids is 1. The summed E-state index contributed by atoms with van der Waals surface area (Å²) in [4.78, 5) is 12.0. The van der Waals surface area contributed by atoms with E-state index in [1.807, 2.05) is 30.5 Å². The summed E-state index contributed by atoms with van der Waals surface area (Å²) in [6.07, 6.45) is 9.28. The molecule has 1 aromatic carbocycles. The van der Waals surface area contributed by atoms with E-state index in [2.05, 4.69) is 5.32 Å². The van der Waals surface area contributed by atoms with Gasteiger partial charge >= 0.3 is 0 Å². The van der Waals surface area contributed by atoms with Crippen molar-refractivity contribution in [2.75, 3.05) is 23.9 Å². The molecule has 1 fully saturated rings. The Morgan fingerprint density at radius 1 is 1.29 bits per heavy atom. The Morgan fingerprint density at radius 3 is 2.58 bits per heavy atom. The maximum Gasteiger partial charge on any atom is 0.241 e. The van der Waals surface area contributed by atoms with Crippen LogP contribution >= 0.6 is 24.2 Å². The maximum atomic E-state index is 12.0. The van der Waals surface area contributed by atoms with Crippen LogP contribution in [-0.4, -0.2) is 30.6 Å². The van der Waals surface area contributed by atoms with Gasteiger partial charge in [0.1, 0.15) is 5.75 Å². The van der Waals surface area contributed by atoms with Crippen molar-refractivity contribution in [1.29, 1.82) is 0 Å². The van der Waals surface area contributed by atoms with Gasteiger partial charge in [0, 0.05) is 5.69 Å². The molecule has 1 aliphatic rings. The highest BCUT2D eigenvalue weighted by Gasteiger charge is 2.15. The molecule has 0 spiro atoms. The number of ether oxygens (including phenoxy) is 1. The molecule has 4 nitrogen and oxygen atoms in total. The summed E-state index contributed by atoms with van der Waals surface area (Å²) in [6, 6.07) is 7.10. The minimum absolute atomic E-state index is 0. The second-order valence-electron chi connectivity index (χ2n) is 6.22. The molecule has 0 radical (unpaired) electrons. The average molecular weight is 373 g/mol. The van der Waals surface area contributed by atoms with Gasteiger partial charge in [-0.15, -0.1) is 12.4 Å². The lowest BCUT2D eigenvalue weighted by Gasteiger charge is -2.21. The lowest BCUT2D eigenvalue weighted by molar-refractivity contribution is -0.117. The summed E-state index contributed by atoms with van der Waals surface area (Å²) in [6.45, 7) is 0.797. The fourth-order valence-corrected chi connectivity index (χ4v) is 3.30. The first-order chi connectivity index (χ1) is 11.2. The minimum atomic E-state index is -0.454. The number of rotatable bonds is 8. The monoisotopic (exact) mass is 372 g/mol. The zero-order chi connectivity index (χ0) is 16.5. The Morgan fingerprint density at radius 2 is 1.96 bits per heavy atom. The van der Waals surface area contributed by atoms with Crippen molar-refractivity contribution in [3.63, 3.8) is 0 Å². The first kappa shape index (κ1) is 21.1. The molecule has 2 rings (SSSR count). The molecule has 0 bridgehead atoms. The number of benzene rings is 1. The molecule has 1 aromatic rings. The zero-order valence-corrected chi connectivity index (χ0v) is 16.0. The number of thioether (sulfide) groups is 1. The first-order valence-electron chi connectivity index (χ1n) is 8.47. The van der Waals surface area contributed by atoms with E-state index < -0.39 is 6.04 Å². The number of anilines is 1. The first-order valence-corrected chi connectivity index (χ1v) is 9.86. The van der Waals surface area contributed by atoms with Gasteiger partial charge in [-0.05, 0) is 61.5 Å². The summed E-state index contributed by atoms with van der Waals surface area (Å²) < 4.78 is 5.87. The summed E-state index contributed by atoms with van der Waals surface area (Å²) >= 11 is 1.70. The second kappa shape index (κ2) is 11.6. The van der Waals surface area contributed by atoms with Gasteiger partial charge in [0.15, 0.2) is 0 Å². The van der Waals surface area contributed by atoms with Gasteiger partial charge in [0.2, 0.25) is 5.91 Å². The lowest BCUT2D eigenvalue weighted by Crippen LogP contribution is -2.36. The van der Waals surface area contributed by atoms with Gasteiger partial charge in [0.05, 0.1) is 12.6 Å². The van der Waals surface area contributed by atoms with Crippen LogP contribution in [0.15, 0.2) is 24.3 Å². The maximum absolute atomic E-state index is 12.0. The van der Waals surface area contributed by atoms with Gasteiger partial charge in [-0.3, -0.25) is 4.79 Å². The van der Waals surface area contributed by atoms with Crippen molar-refractivity contribution >= 4 is 35.8 Å². The highest BCUT2D eigenvalue weighted by atomic mass is 35.5. The van der Waals surface area contributed by atoms with Crippen LogP contribution in [0.1, 0.15) is 38.5 Å². The van der Waals surface area contributed by atoms with Crippen molar-refractivity contribution in [3.05, 3.63) is 24.3 Å². The standard InChI is InChI=1S/C18H28N2O2S.ClH/c1-23-12-11-17(19)18(21)20-15-7-9-16(10-8-15)22-13-14-5-3-2-4-6-14;/h7-10,14,17H,2-6,11-13,19H2,1H3,(H,20,21);1H/t17-;/m0./s1. The predicted octanol–water partition coefficient (Wildman–Crippen LogP) is 4.09. The zero-order valence-electron chi connectivity index (χ0n) is 14.3. The Hall–Kier alpha value is -0.910. The van der Waals surface area contributed by atoms with Crippen LogP contribution in [0, 0.1) is 5.92 Å². The van der Waals surface area contributed by atoms with Gasteiger partial charge in [-0.25, -0.2) is 0 Å². The van der Waals surface area contributed by atoms with E-state index in [9.17, 15) is 4.79 Å². The molecular formula is C18H29ClN2O2S. The van der Waals surface area contributed by atoms with Crippen molar-refractivity contribution in [1.82, 2.24) is 0 Å². The number of amides is 1. The average Bonchev–Trinajstić information content (AvgIpc) is 2.60. The van der Waals surface area contributed by atoms with Gasteiger partial charge in [-0.2, -0.15) is 11.8 Å². The van der Waals surface area contributed by atoms with Crippen molar-refractivity contribution in [2.24, 2.45) is 11.7 Å². The number of nitrogens with two attached hydrogens (primary N) is 1. The van der Waals surface area contributed by atoms with Gasteiger partial charge in [0.25, 0.3) is 0 Å². The number of nitrogens with one attached hydrogen (secondary N) is 1. The third-order valence-electron chi connectivity index (χ3n) is 4.30. The fraction of sp³-hybridized carbons (Fsp3) is 0.611. The Bertz CT molecular complexity index is 478. The Labute approximate surface area is 155 Å². The van der Waals surface area contributed by atoms with Crippen LogP contribution in [0.3, 0.4) is 0 Å². The summed E-state index contributed by atoms with van der Waals surface area (Å²) in [5.74, 6) is 2.32. The molecule has 1 amide bonds. The molecule has 0 saturated heterocycles. The van der Waals surface area contributed by atoms with E-state index in [1.54, 1.807) is 11.8 Å². The van der Waals surface area contributed by atoms with Crippen LogP contribution in [-0.2, 0) is 4.79 Å². The van der Waals surface area contributed by atoms with Crippen LogP contribution in [0.2, 0.25) is 0 Å². The van der Waals surface area contributed by atoms with Crippen LogP contribution in [0.4, 0.5) is 5.69 Å². The molecule has 136 valence electrons. The predicted molar refractivity (Wildman–Crippen MR) is 105 cm³/mol. The van der Waals surface area contributed by atoms with E-state index in [0.29, 0.717) is 12.3 Å². The van der Waals surface area contributed by atoms with Crippen LogP contribution in [0.25, 0.3) is 0 Å². The second-order valence-corrected chi connectivity index (χ2v) is 7.20.